The van der Waals surface area contributed by atoms with Crippen LogP contribution in [0.2, 0.25) is 0 Å². The van der Waals surface area contributed by atoms with Gasteiger partial charge in [0.05, 0.1) is 5.41 Å². The van der Waals surface area contributed by atoms with Crippen LogP contribution in [0.15, 0.2) is 30.9 Å². The highest BCUT2D eigenvalue weighted by Gasteiger charge is 2.32. The zero-order chi connectivity index (χ0) is 15.5. The van der Waals surface area contributed by atoms with Crippen LogP contribution in [0, 0.1) is 18.2 Å². The molecular weight excluding hydrogens is 253 g/mol. The minimum Gasteiger partial charge on any atom is -0.309 e. The smallest absolute Gasteiger partial charge is 0.236 e. The van der Waals surface area contributed by atoms with Crippen LogP contribution in [-0.4, -0.2) is 11.9 Å². The summed E-state index contributed by atoms with van der Waals surface area (Å²) in [6.07, 6.45) is 2.48. The van der Waals surface area contributed by atoms with Crippen molar-refractivity contribution in [3.8, 4) is 0 Å². The van der Waals surface area contributed by atoms with Crippen LogP contribution in [0.25, 0.3) is 0 Å². The van der Waals surface area contributed by atoms with Gasteiger partial charge < -0.3 is 4.90 Å². The second-order valence-electron chi connectivity index (χ2n) is 5.79. The second kappa shape index (κ2) is 6.21. The van der Waals surface area contributed by atoms with Crippen molar-refractivity contribution in [1.29, 1.82) is 0 Å². The van der Waals surface area contributed by atoms with Gasteiger partial charge in [-0.3, -0.25) is 4.79 Å². The Balaban J connectivity index is 3.29. The number of carbonyl (C=O) groups is 1. The lowest BCUT2D eigenvalue weighted by molar-refractivity contribution is -0.124. The molecule has 0 aliphatic carbocycles. The van der Waals surface area contributed by atoms with E-state index in [-0.39, 0.29) is 17.8 Å². The van der Waals surface area contributed by atoms with Gasteiger partial charge >= 0.3 is 0 Å². The largest absolute Gasteiger partial charge is 0.309 e. The molecule has 0 aromatic heterocycles. The molecule has 0 saturated carbocycles. The summed E-state index contributed by atoms with van der Waals surface area (Å²) in [5, 5.41) is 0. The first kappa shape index (κ1) is 16.4. The fourth-order valence-corrected chi connectivity index (χ4v) is 1.93. The van der Waals surface area contributed by atoms with Crippen molar-refractivity contribution >= 4 is 11.6 Å². The van der Waals surface area contributed by atoms with E-state index in [0.29, 0.717) is 5.56 Å². The van der Waals surface area contributed by atoms with Crippen LogP contribution in [0.5, 0.6) is 0 Å². The summed E-state index contributed by atoms with van der Waals surface area (Å²) in [6, 6.07) is 4.84. The maximum atomic E-state index is 13.4. The van der Waals surface area contributed by atoms with Crippen molar-refractivity contribution in [2.75, 3.05) is 4.90 Å². The third-order valence-electron chi connectivity index (χ3n) is 3.73. The number of hydrogen-bond acceptors (Lipinski definition) is 1. The highest BCUT2D eigenvalue weighted by atomic mass is 19.1. The van der Waals surface area contributed by atoms with Gasteiger partial charge in [-0.1, -0.05) is 13.0 Å². The maximum Gasteiger partial charge on any atom is 0.236 e. The Bertz CT molecular complexity index is 508. The molecule has 1 aromatic carbocycles. The fourth-order valence-electron chi connectivity index (χ4n) is 1.93. The SMILES string of the molecule is C=CC(C)(C)C(=O)N(c1ccc(F)c(C)c1)C(C)CC. The van der Waals surface area contributed by atoms with Crippen LogP contribution >= 0.6 is 0 Å². The molecule has 0 heterocycles. The van der Waals surface area contributed by atoms with Crippen LogP contribution < -0.4 is 4.90 Å². The predicted octanol–water partition coefficient (Wildman–Crippen LogP) is 4.48. The molecule has 0 aliphatic rings. The Labute approximate surface area is 121 Å². The van der Waals surface area contributed by atoms with E-state index in [0.717, 1.165) is 12.1 Å². The Kier molecular flexibility index (Phi) is 5.09. The van der Waals surface area contributed by atoms with Crippen molar-refractivity contribution in [2.45, 2.75) is 47.1 Å². The van der Waals surface area contributed by atoms with Gasteiger partial charge in [0.25, 0.3) is 0 Å². The van der Waals surface area contributed by atoms with Crippen molar-refractivity contribution < 1.29 is 9.18 Å². The number of aryl methyl sites for hydroxylation is 1. The van der Waals surface area contributed by atoms with Crippen molar-refractivity contribution in [3.63, 3.8) is 0 Å². The van der Waals surface area contributed by atoms with Gasteiger partial charge in [-0.2, -0.15) is 0 Å². The summed E-state index contributed by atoms with van der Waals surface area (Å²) in [4.78, 5) is 14.5. The van der Waals surface area contributed by atoms with Gasteiger partial charge in [0.2, 0.25) is 5.91 Å². The molecule has 0 spiro atoms. The van der Waals surface area contributed by atoms with Crippen molar-refractivity contribution in [1.82, 2.24) is 0 Å². The van der Waals surface area contributed by atoms with Gasteiger partial charge in [0.1, 0.15) is 5.82 Å². The highest BCUT2D eigenvalue weighted by molar-refractivity contribution is 5.98. The van der Waals surface area contributed by atoms with Crippen LogP contribution in [0.3, 0.4) is 0 Å². The molecule has 1 unspecified atom stereocenters. The van der Waals surface area contributed by atoms with Gasteiger partial charge in [-0.15, -0.1) is 6.58 Å². The molecule has 1 rings (SSSR count). The van der Waals surface area contributed by atoms with E-state index >= 15 is 0 Å². The first-order valence-electron chi connectivity index (χ1n) is 6.98. The average molecular weight is 277 g/mol. The minimum absolute atomic E-state index is 0.0205. The summed E-state index contributed by atoms with van der Waals surface area (Å²) in [7, 11) is 0. The molecule has 0 radical (unpaired) electrons. The van der Waals surface area contributed by atoms with Crippen LogP contribution in [0.4, 0.5) is 10.1 Å². The molecular formula is C17H24FNO. The lowest BCUT2D eigenvalue weighted by atomic mass is 9.90. The van der Waals surface area contributed by atoms with Crippen molar-refractivity contribution in [2.24, 2.45) is 5.41 Å². The maximum absolute atomic E-state index is 13.4. The summed E-state index contributed by atoms with van der Waals surface area (Å²) >= 11 is 0. The number of halogens is 1. The van der Waals surface area contributed by atoms with Gasteiger partial charge in [0.15, 0.2) is 0 Å². The molecule has 0 N–H and O–H groups in total. The Morgan fingerprint density at radius 3 is 2.55 bits per heavy atom. The van der Waals surface area contributed by atoms with Crippen molar-refractivity contribution in [3.05, 3.63) is 42.2 Å². The summed E-state index contributed by atoms with van der Waals surface area (Å²) in [5.41, 5.74) is 0.629. The highest BCUT2D eigenvalue weighted by Crippen LogP contribution is 2.28. The van der Waals surface area contributed by atoms with Crippen LogP contribution in [-0.2, 0) is 4.79 Å². The first-order valence-corrected chi connectivity index (χ1v) is 6.98. The molecule has 1 aromatic rings. The number of hydrogen-bond donors (Lipinski definition) is 0. The molecule has 1 amide bonds. The summed E-state index contributed by atoms with van der Waals surface area (Å²) in [6.45, 7) is 13.2. The topological polar surface area (TPSA) is 20.3 Å². The molecule has 110 valence electrons. The predicted molar refractivity (Wildman–Crippen MR) is 82.4 cm³/mol. The summed E-state index contributed by atoms with van der Waals surface area (Å²) in [5.74, 6) is -0.277. The molecule has 0 bridgehead atoms. The Morgan fingerprint density at radius 1 is 1.50 bits per heavy atom. The standard InChI is InChI=1S/C17H24FNO/c1-7-13(4)19(16(20)17(5,6)8-2)14-9-10-15(18)12(3)11-14/h8-11,13H,2,7H2,1,3-6H3. The van der Waals surface area contributed by atoms with E-state index < -0.39 is 5.41 Å². The fraction of sp³-hybridized carbons (Fsp3) is 0.471. The van der Waals surface area contributed by atoms with Gasteiger partial charge in [-0.05, 0) is 57.9 Å². The second-order valence-corrected chi connectivity index (χ2v) is 5.79. The Hall–Kier alpha value is -1.64. The van der Waals surface area contributed by atoms with E-state index in [4.69, 9.17) is 0 Å². The normalized spacial score (nSPS) is 12.9. The lowest BCUT2D eigenvalue weighted by Gasteiger charge is -2.34. The third kappa shape index (κ3) is 3.27. The zero-order valence-corrected chi connectivity index (χ0v) is 13.0. The van der Waals surface area contributed by atoms with E-state index in [1.165, 1.54) is 6.07 Å². The number of anilines is 1. The van der Waals surface area contributed by atoms with E-state index in [9.17, 15) is 9.18 Å². The van der Waals surface area contributed by atoms with E-state index in [1.54, 1.807) is 30.0 Å². The van der Waals surface area contributed by atoms with E-state index in [2.05, 4.69) is 6.58 Å². The molecule has 0 fully saturated rings. The molecule has 2 nitrogen and oxygen atoms in total. The zero-order valence-electron chi connectivity index (χ0n) is 13.0. The number of rotatable bonds is 5. The summed E-state index contributed by atoms with van der Waals surface area (Å²) < 4.78 is 13.4. The third-order valence-corrected chi connectivity index (χ3v) is 3.73. The molecule has 1 atom stereocenters. The first-order chi connectivity index (χ1) is 9.24. The molecule has 0 saturated heterocycles. The molecule has 3 heteroatoms. The number of amides is 1. The molecule has 20 heavy (non-hydrogen) atoms. The monoisotopic (exact) mass is 277 g/mol. The lowest BCUT2D eigenvalue weighted by Crippen LogP contribution is -2.45. The van der Waals surface area contributed by atoms with Crippen LogP contribution in [0.1, 0.15) is 39.7 Å². The number of carbonyl (C=O) groups excluding carboxylic acids is 1. The average Bonchev–Trinajstić information content (AvgIpc) is 2.42. The number of benzene rings is 1. The Morgan fingerprint density at radius 2 is 2.10 bits per heavy atom. The quantitative estimate of drug-likeness (QED) is 0.727. The molecule has 0 aliphatic heterocycles. The van der Waals surface area contributed by atoms with Gasteiger partial charge in [-0.25, -0.2) is 4.39 Å². The number of nitrogens with zero attached hydrogens (tertiary/aromatic N) is 1. The van der Waals surface area contributed by atoms with Gasteiger partial charge in [0, 0.05) is 11.7 Å². The van der Waals surface area contributed by atoms with E-state index in [1.807, 2.05) is 27.7 Å². The minimum atomic E-state index is -0.647.